The summed E-state index contributed by atoms with van der Waals surface area (Å²) < 4.78 is 6.83. The molecule has 0 unspecified atom stereocenters. The lowest BCUT2D eigenvalue weighted by Crippen LogP contribution is -2.39. The van der Waals surface area contributed by atoms with E-state index in [2.05, 4.69) is 33.9 Å². The highest BCUT2D eigenvalue weighted by atomic mass is 16.5. The zero-order valence-corrected chi connectivity index (χ0v) is 16.9. The first kappa shape index (κ1) is 18.9. The molecule has 0 radical (unpaired) electrons. The van der Waals surface area contributed by atoms with Crippen LogP contribution in [0.1, 0.15) is 41.3 Å². The first-order valence-corrected chi connectivity index (χ1v) is 9.30. The highest BCUT2D eigenvalue weighted by molar-refractivity contribution is 6.10. The molecule has 2 N–H and O–H groups in total. The van der Waals surface area contributed by atoms with Crippen molar-refractivity contribution in [1.29, 1.82) is 0 Å². The maximum atomic E-state index is 13.1. The number of nitrogens with zero attached hydrogens (tertiary/aromatic N) is 6. The zero-order valence-electron chi connectivity index (χ0n) is 16.9. The molecule has 3 heterocycles. The van der Waals surface area contributed by atoms with Crippen molar-refractivity contribution in [1.82, 2.24) is 24.7 Å². The van der Waals surface area contributed by atoms with Crippen LogP contribution in [0.2, 0.25) is 0 Å². The van der Waals surface area contributed by atoms with Gasteiger partial charge in [0, 0.05) is 31.1 Å². The number of fused-ring (bicyclic) bond motifs is 1. The summed E-state index contributed by atoms with van der Waals surface area (Å²) in [5.74, 6) is 0.806. The molecular formula is C20H23N7O2. The summed E-state index contributed by atoms with van der Waals surface area (Å²) in [6.07, 6.45) is 2.13. The topological polar surface area (TPSA) is 112 Å². The van der Waals surface area contributed by atoms with Crippen LogP contribution in [-0.2, 0) is 18.9 Å². The molecule has 1 aromatic carbocycles. The molecule has 0 saturated carbocycles. The molecule has 150 valence electrons. The van der Waals surface area contributed by atoms with Gasteiger partial charge >= 0.3 is 6.01 Å². The van der Waals surface area contributed by atoms with E-state index in [1.807, 2.05) is 31.3 Å². The first-order valence-electron chi connectivity index (χ1n) is 9.30. The Kier molecular flexibility index (Phi) is 4.45. The van der Waals surface area contributed by atoms with E-state index >= 15 is 0 Å². The van der Waals surface area contributed by atoms with Crippen molar-refractivity contribution in [2.24, 2.45) is 7.05 Å². The third kappa shape index (κ3) is 3.08. The minimum absolute atomic E-state index is 0.140. The number of nitrogen functional groups attached to an aromatic ring is 1. The molecule has 4 rings (SSSR count). The molecule has 3 aromatic rings. The second-order valence-corrected chi connectivity index (χ2v) is 7.50. The molecule has 0 saturated heterocycles. The molecule has 0 fully saturated rings. The Labute approximate surface area is 168 Å². The Morgan fingerprint density at radius 3 is 2.52 bits per heavy atom. The van der Waals surface area contributed by atoms with Gasteiger partial charge in [-0.05, 0) is 31.5 Å². The smallest absolute Gasteiger partial charge is 0.318 e. The second-order valence-electron chi connectivity index (χ2n) is 7.50. The van der Waals surface area contributed by atoms with Gasteiger partial charge in [0.1, 0.15) is 23.5 Å². The van der Waals surface area contributed by atoms with Crippen LogP contribution in [0.5, 0.6) is 6.01 Å². The van der Waals surface area contributed by atoms with Crippen molar-refractivity contribution >= 4 is 17.4 Å². The van der Waals surface area contributed by atoms with Gasteiger partial charge in [-0.3, -0.25) is 9.48 Å². The molecular weight excluding hydrogens is 370 g/mol. The maximum absolute atomic E-state index is 13.1. The predicted molar refractivity (Wildman–Crippen MR) is 108 cm³/mol. The van der Waals surface area contributed by atoms with Crippen LogP contribution in [0, 0.1) is 0 Å². The number of methoxy groups -OCH3 is 1. The van der Waals surface area contributed by atoms with Crippen LogP contribution < -0.4 is 15.4 Å². The minimum atomic E-state index is -0.322. The van der Waals surface area contributed by atoms with Gasteiger partial charge < -0.3 is 15.4 Å². The van der Waals surface area contributed by atoms with Crippen molar-refractivity contribution in [3.63, 3.8) is 0 Å². The number of hydrogen-bond acceptors (Lipinski definition) is 7. The standard InChI is InChI=1S/C20H23N7O2/c1-20(2,18-22-11-23-26(18)3)12-5-7-13(8-6-12)27-10-9-14-15(17(27)28)16(21)25-19(24-14)29-4/h5-8,11H,9-10H2,1-4H3,(H2,21,24,25). The molecule has 2 aromatic heterocycles. The Morgan fingerprint density at radius 2 is 1.90 bits per heavy atom. The van der Waals surface area contributed by atoms with Crippen LogP contribution in [-0.4, -0.2) is 44.3 Å². The van der Waals surface area contributed by atoms with E-state index in [1.165, 1.54) is 7.11 Å². The third-order valence-corrected chi connectivity index (χ3v) is 5.38. The van der Waals surface area contributed by atoms with Gasteiger partial charge in [0.25, 0.3) is 5.91 Å². The van der Waals surface area contributed by atoms with Crippen LogP contribution in [0.15, 0.2) is 30.6 Å². The molecule has 0 atom stereocenters. The number of nitrogens with two attached hydrogens (primary N) is 1. The highest BCUT2D eigenvalue weighted by Gasteiger charge is 2.31. The molecule has 29 heavy (non-hydrogen) atoms. The quantitative estimate of drug-likeness (QED) is 0.718. The lowest BCUT2D eigenvalue weighted by molar-refractivity contribution is 0.0980. The average Bonchev–Trinajstić information content (AvgIpc) is 3.14. The van der Waals surface area contributed by atoms with Crippen LogP contribution >= 0.6 is 0 Å². The number of anilines is 2. The van der Waals surface area contributed by atoms with Gasteiger partial charge in [-0.1, -0.05) is 12.1 Å². The summed E-state index contributed by atoms with van der Waals surface area (Å²) in [6.45, 7) is 4.71. The van der Waals surface area contributed by atoms with E-state index in [-0.39, 0.29) is 23.2 Å². The molecule has 0 spiro atoms. The Bertz CT molecular complexity index is 1070. The van der Waals surface area contributed by atoms with Gasteiger partial charge in [-0.2, -0.15) is 15.1 Å². The number of hydrogen-bond donors (Lipinski definition) is 1. The summed E-state index contributed by atoms with van der Waals surface area (Å²) in [4.78, 5) is 27.5. The largest absolute Gasteiger partial charge is 0.467 e. The molecule has 1 aliphatic rings. The molecule has 0 aliphatic carbocycles. The van der Waals surface area contributed by atoms with Crippen molar-refractivity contribution < 1.29 is 9.53 Å². The fraction of sp³-hybridized carbons (Fsp3) is 0.350. The second kappa shape index (κ2) is 6.84. The van der Waals surface area contributed by atoms with Crippen molar-refractivity contribution in [3.05, 3.63) is 53.2 Å². The van der Waals surface area contributed by atoms with E-state index in [9.17, 15) is 4.79 Å². The number of aromatic nitrogens is 5. The number of carbonyl (C=O) groups is 1. The van der Waals surface area contributed by atoms with Crippen molar-refractivity contribution in [2.75, 3.05) is 24.3 Å². The monoisotopic (exact) mass is 393 g/mol. The average molecular weight is 393 g/mol. The Hall–Kier alpha value is -3.49. The maximum Gasteiger partial charge on any atom is 0.318 e. The number of ether oxygens (including phenoxy) is 1. The third-order valence-electron chi connectivity index (χ3n) is 5.38. The summed E-state index contributed by atoms with van der Waals surface area (Å²) >= 11 is 0. The van der Waals surface area contributed by atoms with Gasteiger partial charge in [0.2, 0.25) is 0 Å². The molecule has 0 bridgehead atoms. The molecule has 1 aliphatic heterocycles. The van der Waals surface area contributed by atoms with Crippen LogP contribution in [0.25, 0.3) is 0 Å². The van der Waals surface area contributed by atoms with Crippen molar-refractivity contribution in [2.45, 2.75) is 25.7 Å². The summed E-state index contributed by atoms with van der Waals surface area (Å²) in [6, 6.07) is 8.09. The van der Waals surface area contributed by atoms with Gasteiger partial charge in [0.05, 0.1) is 12.8 Å². The lowest BCUT2D eigenvalue weighted by Gasteiger charge is -2.29. The molecule has 9 heteroatoms. The van der Waals surface area contributed by atoms with E-state index in [0.717, 1.165) is 17.1 Å². The fourth-order valence-corrected chi connectivity index (χ4v) is 3.76. The summed E-state index contributed by atoms with van der Waals surface area (Å²) in [7, 11) is 3.35. The fourth-order valence-electron chi connectivity index (χ4n) is 3.76. The van der Waals surface area contributed by atoms with Crippen LogP contribution in [0.4, 0.5) is 11.5 Å². The van der Waals surface area contributed by atoms with Gasteiger partial charge in [0.15, 0.2) is 0 Å². The van der Waals surface area contributed by atoms with E-state index < -0.39 is 0 Å². The predicted octanol–water partition coefficient (Wildman–Crippen LogP) is 1.72. The lowest BCUT2D eigenvalue weighted by atomic mass is 9.83. The summed E-state index contributed by atoms with van der Waals surface area (Å²) in [5.41, 5.74) is 8.53. The number of amides is 1. The molecule has 9 nitrogen and oxygen atoms in total. The first-order chi connectivity index (χ1) is 13.8. The zero-order chi connectivity index (χ0) is 20.8. The SMILES string of the molecule is COc1nc(N)c2c(n1)CCN(c1ccc(C(C)(C)c3ncnn3C)cc1)C2=O. The van der Waals surface area contributed by atoms with Gasteiger partial charge in [-0.25, -0.2) is 4.98 Å². The number of rotatable bonds is 4. The summed E-state index contributed by atoms with van der Waals surface area (Å²) in [5, 5.41) is 4.17. The van der Waals surface area contributed by atoms with E-state index in [1.54, 1.807) is 15.9 Å². The number of carbonyl (C=O) groups excluding carboxylic acids is 1. The van der Waals surface area contributed by atoms with E-state index in [0.29, 0.717) is 24.2 Å². The normalized spacial score (nSPS) is 14.1. The number of aryl methyl sites for hydroxylation is 1. The Balaban J connectivity index is 1.64. The van der Waals surface area contributed by atoms with Gasteiger partial charge in [-0.15, -0.1) is 0 Å². The highest BCUT2D eigenvalue weighted by Crippen LogP contribution is 2.32. The van der Waals surface area contributed by atoms with E-state index in [4.69, 9.17) is 10.5 Å². The van der Waals surface area contributed by atoms with Crippen LogP contribution in [0.3, 0.4) is 0 Å². The Morgan fingerprint density at radius 1 is 1.17 bits per heavy atom. The minimum Gasteiger partial charge on any atom is -0.467 e. The van der Waals surface area contributed by atoms with Crippen molar-refractivity contribution in [3.8, 4) is 6.01 Å². The number of benzene rings is 1. The molecule has 1 amide bonds.